The molecule has 4 rings (SSSR count). The number of carbonyl (C=O) groups excluding carboxylic acids is 4. The second kappa shape index (κ2) is 7.31. The molecule has 1 aromatic carbocycles. The Morgan fingerprint density at radius 2 is 1.76 bits per heavy atom. The van der Waals surface area contributed by atoms with Gasteiger partial charge in [-0.25, -0.2) is 4.79 Å². The van der Waals surface area contributed by atoms with Crippen LogP contribution in [-0.4, -0.2) is 51.8 Å². The minimum atomic E-state index is -1.05. The standard InChI is InChI=1S/C20H21N3O6/c24-15-9-8-14(17(25)22-15)23-18(26)13-3-1-2-12(16(13)19(23)27)10-4-6-11(7-5-10)21-20(28)29/h1-3,10-11,14,21H,4-9H2,(H,28,29)(H,22,24,25). The molecule has 1 saturated heterocycles. The summed E-state index contributed by atoms with van der Waals surface area (Å²) in [6.45, 7) is 0. The van der Waals surface area contributed by atoms with E-state index in [2.05, 4.69) is 10.6 Å². The van der Waals surface area contributed by atoms with E-state index in [4.69, 9.17) is 5.11 Å². The van der Waals surface area contributed by atoms with Crippen molar-refractivity contribution in [3.8, 4) is 0 Å². The molecule has 29 heavy (non-hydrogen) atoms. The van der Waals surface area contributed by atoms with Gasteiger partial charge in [-0.3, -0.25) is 29.4 Å². The Labute approximate surface area is 166 Å². The highest BCUT2D eigenvalue weighted by Gasteiger charge is 2.46. The fraction of sp³-hybridized carbons (Fsp3) is 0.450. The van der Waals surface area contributed by atoms with Gasteiger partial charge in [0.1, 0.15) is 6.04 Å². The van der Waals surface area contributed by atoms with Crippen molar-refractivity contribution < 1.29 is 29.1 Å². The molecule has 2 heterocycles. The molecule has 9 heteroatoms. The average Bonchev–Trinajstić information content (AvgIpc) is 2.93. The SMILES string of the molecule is O=C(O)NC1CCC(c2cccc3c2C(=O)N(C2CCC(=O)NC2=O)C3=O)CC1. The lowest BCUT2D eigenvalue weighted by atomic mass is 9.79. The zero-order valence-electron chi connectivity index (χ0n) is 15.6. The lowest BCUT2D eigenvalue weighted by Crippen LogP contribution is -2.54. The van der Waals surface area contributed by atoms with Gasteiger partial charge in [-0.2, -0.15) is 0 Å². The fourth-order valence-corrected chi connectivity index (χ4v) is 4.60. The lowest BCUT2D eigenvalue weighted by molar-refractivity contribution is -0.136. The molecule has 2 aliphatic heterocycles. The minimum Gasteiger partial charge on any atom is -0.465 e. The minimum absolute atomic E-state index is 0.0373. The van der Waals surface area contributed by atoms with E-state index in [-0.39, 0.29) is 30.4 Å². The Morgan fingerprint density at radius 1 is 1.03 bits per heavy atom. The first-order valence-corrected chi connectivity index (χ1v) is 9.70. The van der Waals surface area contributed by atoms with Gasteiger partial charge in [-0.15, -0.1) is 0 Å². The van der Waals surface area contributed by atoms with Gasteiger partial charge < -0.3 is 10.4 Å². The Balaban J connectivity index is 1.58. The molecule has 3 N–H and O–H groups in total. The summed E-state index contributed by atoms with van der Waals surface area (Å²) in [4.78, 5) is 61.5. The van der Waals surface area contributed by atoms with Crippen LogP contribution in [0.2, 0.25) is 0 Å². The third-order valence-electron chi connectivity index (χ3n) is 5.99. The third kappa shape index (κ3) is 3.37. The van der Waals surface area contributed by atoms with Crippen molar-refractivity contribution in [2.45, 2.75) is 56.5 Å². The first-order valence-electron chi connectivity index (χ1n) is 9.70. The van der Waals surface area contributed by atoms with Crippen LogP contribution in [0, 0.1) is 0 Å². The molecule has 3 aliphatic rings. The van der Waals surface area contributed by atoms with Crippen LogP contribution in [0.5, 0.6) is 0 Å². The van der Waals surface area contributed by atoms with Gasteiger partial charge in [0.25, 0.3) is 11.8 Å². The van der Waals surface area contributed by atoms with E-state index in [1.807, 2.05) is 6.07 Å². The summed E-state index contributed by atoms with van der Waals surface area (Å²) in [5.74, 6) is -2.01. The zero-order valence-corrected chi connectivity index (χ0v) is 15.6. The summed E-state index contributed by atoms with van der Waals surface area (Å²) >= 11 is 0. The van der Waals surface area contributed by atoms with Crippen LogP contribution >= 0.6 is 0 Å². The normalized spacial score (nSPS) is 26.9. The number of hydrogen-bond donors (Lipinski definition) is 3. The Morgan fingerprint density at radius 3 is 2.41 bits per heavy atom. The van der Waals surface area contributed by atoms with Crippen LogP contribution in [-0.2, 0) is 9.59 Å². The van der Waals surface area contributed by atoms with Gasteiger partial charge in [-0.05, 0) is 49.7 Å². The van der Waals surface area contributed by atoms with Crippen molar-refractivity contribution in [3.63, 3.8) is 0 Å². The molecule has 9 nitrogen and oxygen atoms in total. The maximum Gasteiger partial charge on any atom is 0.404 e. The number of nitrogens with one attached hydrogen (secondary N) is 2. The smallest absolute Gasteiger partial charge is 0.404 e. The first kappa shape index (κ1) is 19.1. The van der Waals surface area contributed by atoms with Crippen molar-refractivity contribution in [3.05, 3.63) is 34.9 Å². The molecule has 0 radical (unpaired) electrons. The second-order valence-corrected chi connectivity index (χ2v) is 7.72. The molecular weight excluding hydrogens is 378 g/mol. The molecule has 0 bridgehead atoms. The second-order valence-electron chi connectivity index (χ2n) is 7.72. The molecule has 0 spiro atoms. The van der Waals surface area contributed by atoms with Crippen LogP contribution in [0.25, 0.3) is 0 Å². The van der Waals surface area contributed by atoms with E-state index in [9.17, 15) is 24.0 Å². The van der Waals surface area contributed by atoms with Crippen LogP contribution in [0.3, 0.4) is 0 Å². The number of carboxylic acid groups (broad SMARTS) is 1. The number of rotatable bonds is 3. The number of piperidine rings is 1. The summed E-state index contributed by atoms with van der Waals surface area (Å²) in [7, 11) is 0. The molecule has 1 aliphatic carbocycles. The molecule has 1 saturated carbocycles. The highest BCUT2D eigenvalue weighted by molar-refractivity contribution is 6.24. The quantitative estimate of drug-likeness (QED) is 0.658. The fourth-order valence-electron chi connectivity index (χ4n) is 4.60. The topological polar surface area (TPSA) is 133 Å². The van der Waals surface area contributed by atoms with Crippen molar-refractivity contribution in [2.75, 3.05) is 0 Å². The number of benzene rings is 1. The van der Waals surface area contributed by atoms with E-state index in [0.717, 1.165) is 10.5 Å². The van der Waals surface area contributed by atoms with E-state index in [1.54, 1.807) is 12.1 Å². The number of hydrogen-bond acceptors (Lipinski definition) is 5. The molecule has 0 aromatic heterocycles. The van der Waals surface area contributed by atoms with E-state index in [0.29, 0.717) is 31.2 Å². The maximum atomic E-state index is 13.2. The number of imide groups is 2. The van der Waals surface area contributed by atoms with Crippen LogP contribution in [0.15, 0.2) is 18.2 Å². The van der Waals surface area contributed by atoms with Crippen LogP contribution in [0.4, 0.5) is 4.79 Å². The summed E-state index contributed by atoms with van der Waals surface area (Å²) in [6, 6.07) is 4.05. The van der Waals surface area contributed by atoms with Crippen LogP contribution < -0.4 is 10.6 Å². The predicted molar refractivity (Wildman–Crippen MR) is 99.3 cm³/mol. The summed E-state index contributed by atoms with van der Waals surface area (Å²) in [6.07, 6.45) is 1.85. The van der Waals surface area contributed by atoms with Gasteiger partial charge in [0.15, 0.2) is 0 Å². The highest BCUT2D eigenvalue weighted by Crippen LogP contribution is 2.39. The summed E-state index contributed by atoms with van der Waals surface area (Å²) < 4.78 is 0. The lowest BCUT2D eigenvalue weighted by Gasteiger charge is -2.30. The van der Waals surface area contributed by atoms with Gasteiger partial charge in [0.05, 0.1) is 11.1 Å². The Kier molecular flexibility index (Phi) is 4.81. The number of nitrogens with zero attached hydrogens (tertiary/aromatic N) is 1. The molecule has 2 fully saturated rings. The van der Waals surface area contributed by atoms with Crippen LogP contribution in [0.1, 0.15) is 70.7 Å². The molecule has 1 atom stereocenters. The van der Waals surface area contributed by atoms with Crippen molar-refractivity contribution >= 4 is 29.7 Å². The molecule has 152 valence electrons. The molecule has 1 aromatic rings. The summed E-state index contributed by atoms with van der Waals surface area (Å²) in [5.41, 5.74) is 1.38. The van der Waals surface area contributed by atoms with E-state index >= 15 is 0 Å². The largest absolute Gasteiger partial charge is 0.465 e. The van der Waals surface area contributed by atoms with E-state index < -0.39 is 35.8 Å². The van der Waals surface area contributed by atoms with Gasteiger partial charge >= 0.3 is 6.09 Å². The zero-order chi connectivity index (χ0) is 20.7. The van der Waals surface area contributed by atoms with Gasteiger partial charge in [0, 0.05) is 12.5 Å². The Hall–Kier alpha value is -3.23. The first-order chi connectivity index (χ1) is 13.9. The van der Waals surface area contributed by atoms with Crippen molar-refractivity contribution in [2.24, 2.45) is 0 Å². The van der Waals surface area contributed by atoms with E-state index in [1.165, 1.54) is 0 Å². The molecule has 1 unspecified atom stereocenters. The highest BCUT2D eigenvalue weighted by atomic mass is 16.4. The summed E-state index contributed by atoms with van der Waals surface area (Å²) in [5, 5.41) is 13.6. The average molecular weight is 399 g/mol. The third-order valence-corrected chi connectivity index (χ3v) is 5.99. The molecular formula is C20H21N3O6. The van der Waals surface area contributed by atoms with Crippen molar-refractivity contribution in [1.29, 1.82) is 0 Å². The Bertz CT molecular complexity index is 919. The van der Waals surface area contributed by atoms with Gasteiger partial charge in [0.2, 0.25) is 11.8 Å². The van der Waals surface area contributed by atoms with Gasteiger partial charge in [-0.1, -0.05) is 12.1 Å². The molecule has 5 amide bonds. The monoisotopic (exact) mass is 399 g/mol. The predicted octanol–water partition coefficient (Wildman–Crippen LogP) is 1.38. The van der Waals surface area contributed by atoms with Crippen molar-refractivity contribution in [1.82, 2.24) is 15.5 Å². The number of amides is 5. The number of carbonyl (C=O) groups is 5. The number of fused-ring (bicyclic) bond motifs is 1. The maximum absolute atomic E-state index is 13.2.